The maximum atomic E-state index is 13.6. The average molecular weight is 726 g/mol. The van der Waals surface area contributed by atoms with Crippen LogP contribution in [0.4, 0.5) is 39.8 Å². The maximum absolute atomic E-state index is 13.6. The van der Waals surface area contributed by atoms with Crippen molar-refractivity contribution in [3.8, 4) is 11.5 Å². The maximum Gasteiger partial charge on any atom is 0.271 e. The van der Waals surface area contributed by atoms with Crippen LogP contribution in [0.5, 0.6) is 11.5 Å². The minimum absolute atomic E-state index is 0.0669. The van der Waals surface area contributed by atoms with E-state index < -0.39 is 33.3 Å². The molecule has 0 saturated heterocycles. The van der Waals surface area contributed by atoms with Crippen molar-refractivity contribution >= 4 is 68.3 Å². The molecule has 4 N–H and O–H groups in total. The molecular formula is C38H27N7O9. The molecule has 0 aromatic heterocycles. The van der Waals surface area contributed by atoms with Crippen molar-refractivity contribution in [1.82, 2.24) is 0 Å². The van der Waals surface area contributed by atoms with Gasteiger partial charge in [-0.2, -0.15) is 0 Å². The second kappa shape index (κ2) is 15.5. The number of phenolic OH excluding ortho intramolecular Hbond substituents is 1. The number of nitro benzene ring substituents is 2. The van der Waals surface area contributed by atoms with E-state index in [1.54, 1.807) is 24.3 Å². The predicted octanol–water partition coefficient (Wildman–Crippen LogP) is 8.54. The van der Waals surface area contributed by atoms with Crippen molar-refractivity contribution in [3.05, 3.63) is 158 Å². The number of nitrogens with one attached hydrogen (secondary N) is 3. The fourth-order valence-corrected chi connectivity index (χ4v) is 5.33. The fourth-order valence-electron chi connectivity index (χ4n) is 5.33. The van der Waals surface area contributed by atoms with Gasteiger partial charge in [-0.25, -0.2) is 0 Å². The highest BCUT2D eigenvalue weighted by atomic mass is 16.6. The zero-order valence-electron chi connectivity index (χ0n) is 28.0. The molecule has 0 aliphatic carbocycles. The van der Waals surface area contributed by atoms with E-state index in [9.17, 15) is 39.7 Å². The van der Waals surface area contributed by atoms with E-state index >= 15 is 0 Å². The third kappa shape index (κ3) is 7.97. The lowest BCUT2D eigenvalue weighted by molar-refractivity contribution is -0.385. The van der Waals surface area contributed by atoms with E-state index in [1.807, 2.05) is 6.07 Å². The number of amides is 3. The van der Waals surface area contributed by atoms with Crippen molar-refractivity contribution in [3.63, 3.8) is 0 Å². The molecule has 16 heteroatoms. The lowest BCUT2D eigenvalue weighted by atomic mass is 10.00. The molecule has 0 radical (unpaired) electrons. The number of carbonyl (C=O) groups excluding carboxylic acids is 3. The SMILES string of the molecule is COc1ccc(C(=O)Nc2ccccc2)cc1/N=N/c1c(O)c(C(=O)Nc2cccc([N+](=O)[O-])c2)cc2cc(C(=O)Nc3cccc([N+](=O)[O-])c3)ccc12. The molecule has 0 heterocycles. The summed E-state index contributed by atoms with van der Waals surface area (Å²) in [5.41, 5.74) is 0.191. The Bertz CT molecular complexity index is 2510. The van der Waals surface area contributed by atoms with Crippen LogP contribution in [0.1, 0.15) is 31.1 Å². The molecule has 0 aliphatic heterocycles. The number of nitro groups is 2. The van der Waals surface area contributed by atoms with Crippen molar-refractivity contribution in [2.24, 2.45) is 10.2 Å². The number of benzene rings is 6. The normalized spacial score (nSPS) is 10.8. The second-order valence-electron chi connectivity index (χ2n) is 11.5. The van der Waals surface area contributed by atoms with Gasteiger partial charge in [0.05, 0.1) is 22.5 Å². The molecule has 3 amide bonds. The fraction of sp³-hybridized carbons (Fsp3) is 0.0263. The van der Waals surface area contributed by atoms with Gasteiger partial charge in [-0.3, -0.25) is 34.6 Å². The first-order chi connectivity index (χ1) is 26.0. The number of para-hydroxylation sites is 1. The predicted molar refractivity (Wildman–Crippen MR) is 199 cm³/mol. The number of fused-ring (bicyclic) bond motifs is 1. The van der Waals surface area contributed by atoms with Crippen LogP contribution in [-0.2, 0) is 0 Å². The van der Waals surface area contributed by atoms with Crippen LogP contribution in [0.15, 0.2) is 132 Å². The van der Waals surface area contributed by atoms with Gasteiger partial charge < -0.3 is 25.8 Å². The van der Waals surface area contributed by atoms with E-state index in [-0.39, 0.29) is 67.3 Å². The highest BCUT2D eigenvalue weighted by Crippen LogP contribution is 2.41. The highest BCUT2D eigenvalue weighted by molar-refractivity contribution is 6.13. The van der Waals surface area contributed by atoms with E-state index in [0.29, 0.717) is 5.69 Å². The molecule has 0 fully saturated rings. The van der Waals surface area contributed by atoms with E-state index in [1.165, 1.54) is 92.0 Å². The number of anilines is 3. The van der Waals surface area contributed by atoms with E-state index in [2.05, 4.69) is 26.2 Å². The van der Waals surface area contributed by atoms with Crippen molar-refractivity contribution in [1.29, 1.82) is 0 Å². The van der Waals surface area contributed by atoms with Crippen LogP contribution in [-0.4, -0.2) is 39.8 Å². The van der Waals surface area contributed by atoms with Crippen LogP contribution in [0, 0.1) is 20.2 Å². The monoisotopic (exact) mass is 725 g/mol. The largest absolute Gasteiger partial charge is 0.505 e. The first-order valence-electron chi connectivity index (χ1n) is 15.9. The van der Waals surface area contributed by atoms with Gasteiger partial charge >= 0.3 is 0 Å². The molecule has 0 saturated carbocycles. The Morgan fingerprint density at radius 1 is 0.630 bits per heavy atom. The summed E-state index contributed by atoms with van der Waals surface area (Å²) in [5, 5.41) is 51.0. The second-order valence-corrected chi connectivity index (χ2v) is 11.5. The Labute approximate surface area is 305 Å². The quantitative estimate of drug-likeness (QED) is 0.0569. The number of nitrogens with zero attached hydrogens (tertiary/aromatic N) is 4. The highest BCUT2D eigenvalue weighted by Gasteiger charge is 2.21. The first kappa shape index (κ1) is 35.8. The molecular weight excluding hydrogens is 698 g/mol. The molecule has 0 bridgehead atoms. The first-order valence-corrected chi connectivity index (χ1v) is 15.9. The molecule has 6 aromatic carbocycles. The molecule has 54 heavy (non-hydrogen) atoms. The number of hydrogen-bond donors (Lipinski definition) is 4. The van der Waals surface area contributed by atoms with Gasteiger partial charge in [-0.15, -0.1) is 10.2 Å². The summed E-state index contributed by atoms with van der Waals surface area (Å²) in [7, 11) is 1.39. The lowest BCUT2D eigenvalue weighted by Gasteiger charge is -2.13. The topological polar surface area (TPSA) is 228 Å². The van der Waals surface area contributed by atoms with Gasteiger partial charge in [0.1, 0.15) is 17.1 Å². The number of phenols is 1. The van der Waals surface area contributed by atoms with Gasteiger partial charge in [0.2, 0.25) is 0 Å². The summed E-state index contributed by atoms with van der Waals surface area (Å²) in [5.74, 6) is -2.32. The van der Waals surface area contributed by atoms with Crippen LogP contribution < -0.4 is 20.7 Å². The third-order valence-corrected chi connectivity index (χ3v) is 7.95. The standard InChI is InChI=1S/C38H27N7O9/c1-54-33-16-14-23(37(48)39-25-7-3-2-4-8-25)19-32(33)42-43-34-30-15-13-22(36(47)40-26-9-5-11-28(20-26)44(50)51)17-24(30)18-31(35(34)46)38(49)41-27-10-6-12-29(21-27)45(52)53/h2-21,46H,1H3,(H,39,48)(H,40,47)(H,41,49)/b43-42+. The summed E-state index contributed by atoms with van der Waals surface area (Å²) in [6.07, 6.45) is 0. The van der Waals surface area contributed by atoms with Gasteiger partial charge in [-0.05, 0) is 66.0 Å². The summed E-state index contributed by atoms with van der Waals surface area (Å²) in [6, 6.07) is 29.4. The molecule has 0 atom stereocenters. The summed E-state index contributed by atoms with van der Waals surface area (Å²) in [4.78, 5) is 61.2. The molecule has 0 aliphatic rings. The molecule has 6 aromatic rings. The lowest BCUT2D eigenvalue weighted by Crippen LogP contribution is -2.13. The number of carbonyl (C=O) groups is 3. The van der Waals surface area contributed by atoms with Crippen molar-refractivity contribution in [2.45, 2.75) is 0 Å². The zero-order valence-corrected chi connectivity index (χ0v) is 28.0. The van der Waals surface area contributed by atoms with Gasteiger partial charge in [0, 0.05) is 57.8 Å². The van der Waals surface area contributed by atoms with E-state index in [4.69, 9.17) is 4.74 Å². The molecule has 6 rings (SSSR count). The Hall–Kier alpha value is -8.01. The van der Waals surface area contributed by atoms with Crippen LogP contribution in [0.2, 0.25) is 0 Å². The number of rotatable bonds is 11. The number of aromatic hydroxyl groups is 1. The minimum atomic E-state index is -0.866. The Morgan fingerprint density at radius 2 is 1.19 bits per heavy atom. The Morgan fingerprint density at radius 3 is 1.80 bits per heavy atom. The smallest absolute Gasteiger partial charge is 0.271 e. The summed E-state index contributed by atoms with van der Waals surface area (Å²) < 4.78 is 5.43. The third-order valence-electron chi connectivity index (χ3n) is 7.95. The average Bonchev–Trinajstić information content (AvgIpc) is 3.17. The summed E-state index contributed by atoms with van der Waals surface area (Å²) in [6.45, 7) is 0. The number of hydrogen-bond acceptors (Lipinski definition) is 11. The number of methoxy groups -OCH3 is 1. The van der Waals surface area contributed by atoms with Crippen LogP contribution >= 0.6 is 0 Å². The van der Waals surface area contributed by atoms with Crippen LogP contribution in [0.3, 0.4) is 0 Å². The summed E-state index contributed by atoms with van der Waals surface area (Å²) >= 11 is 0. The number of azo groups is 1. The van der Waals surface area contributed by atoms with Crippen molar-refractivity contribution in [2.75, 3.05) is 23.1 Å². The molecule has 16 nitrogen and oxygen atoms in total. The number of non-ortho nitro benzene ring substituents is 2. The zero-order chi connectivity index (χ0) is 38.4. The van der Waals surface area contributed by atoms with Gasteiger partial charge in [0.15, 0.2) is 5.75 Å². The Kier molecular flexibility index (Phi) is 10.3. The van der Waals surface area contributed by atoms with E-state index in [0.717, 1.165) is 6.07 Å². The molecule has 268 valence electrons. The van der Waals surface area contributed by atoms with Gasteiger partial charge in [0.25, 0.3) is 29.1 Å². The van der Waals surface area contributed by atoms with Crippen molar-refractivity contribution < 1.29 is 34.1 Å². The number of ether oxygens (including phenoxy) is 1. The van der Waals surface area contributed by atoms with Crippen LogP contribution in [0.25, 0.3) is 10.8 Å². The molecule has 0 spiro atoms. The minimum Gasteiger partial charge on any atom is -0.505 e. The Balaban J connectivity index is 1.41. The molecule has 0 unspecified atom stereocenters. The van der Waals surface area contributed by atoms with Gasteiger partial charge in [-0.1, -0.05) is 36.4 Å².